The lowest BCUT2D eigenvalue weighted by Crippen LogP contribution is -2.30. The van der Waals surface area contributed by atoms with Gasteiger partial charge in [0.25, 0.3) is 0 Å². The van der Waals surface area contributed by atoms with Crippen LogP contribution in [0.4, 0.5) is 0 Å². The quantitative estimate of drug-likeness (QED) is 0.690. The summed E-state index contributed by atoms with van der Waals surface area (Å²) in [6, 6.07) is 0. The Labute approximate surface area is 76.2 Å². The average molecular weight is 170 g/mol. The molecule has 1 fully saturated rings. The number of aliphatic hydroxyl groups is 1. The molecule has 0 spiro atoms. The van der Waals surface area contributed by atoms with E-state index in [4.69, 9.17) is 0 Å². The lowest BCUT2D eigenvalue weighted by Gasteiger charge is -2.33. The topological polar surface area (TPSA) is 20.2 Å². The molecule has 1 heteroatoms. The summed E-state index contributed by atoms with van der Waals surface area (Å²) < 4.78 is 0. The normalized spacial score (nSPS) is 31.0. The summed E-state index contributed by atoms with van der Waals surface area (Å²) in [5.41, 5.74) is 0. The van der Waals surface area contributed by atoms with Crippen LogP contribution in [0.15, 0.2) is 0 Å². The molecule has 1 saturated carbocycles. The zero-order valence-electron chi connectivity index (χ0n) is 8.42. The fraction of sp³-hybridized carbons (Fsp3) is 1.00. The van der Waals surface area contributed by atoms with Gasteiger partial charge in [-0.1, -0.05) is 39.5 Å². The summed E-state index contributed by atoms with van der Waals surface area (Å²) >= 11 is 0. The zero-order chi connectivity index (χ0) is 8.97. The lowest BCUT2D eigenvalue weighted by atomic mass is 9.76. The second-order valence-corrected chi connectivity index (χ2v) is 4.09. The van der Waals surface area contributed by atoms with E-state index in [1.54, 1.807) is 0 Å². The second kappa shape index (κ2) is 4.86. The first-order chi connectivity index (χ1) is 5.79. The number of hydrogen-bond donors (Lipinski definition) is 1. The molecular weight excluding hydrogens is 148 g/mol. The van der Waals surface area contributed by atoms with Gasteiger partial charge < -0.3 is 5.11 Å². The third kappa shape index (κ3) is 2.22. The molecule has 0 unspecified atom stereocenters. The van der Waals surface area contributed by atoms with E-state index in [0.29, 0.717) is 5.92 Å². The molecule has 12 heavy (non-hydrogen) atoms. The molecule has 0 bridgehead atoms. The van der Waals surface area contributed by atoms with Crippen LogP contribution in [0.25, 0.3) is 0 Å². The lowest BCUT2D eigenvalue weighted by molar-refractivity contribution is 0.0342. The molecule has 0 aromatic rings. The first kappa shape index (κ1) is 10.0. The van der Waals surface area contributed by atoms with Gasteiger partial charge in [-0.05, 0) is 24.7 Å². The number of aliphatic hydroxyl groups excluding tert-OH is 1. The fourth-order valence-corrected chi connectivity index (χ4v) is 2.58. The van der Waals surface area contributed by atoms with Crippen molar-refractivity contribution < 1.29 is 5.11 Å². The molecule has 0 saturated heterocycles. The number of rotatable bonds is 3. The molecule has 1 aliphatic rings. The molecule has 1 nitrogen and oxygen atoms in total. The third-order valence-corrected chi connectivity index (χ3v) is 3.44. The van der Waals surface area contributed by atoms with E-state index in [1.165, 1.54) is 32.1 Å². The Bertz CT molecular complexity index is 118. The maximum absolute atomic E-state index is 9.80. The fourth-order valence-electron chi connectivity index (χ4n) is 2.58. The molecule has 72 valence electrons. The molecule has 0 heterocycles. The van der Waals surface area contributed by atoms with Crippen LogP contribution in [0.3, 0.4) is 0 Å². The van der Waals surface area contributed by atoms with Crippen LogP contribution < -0.4 is 0 Å². The number of hydrogen-bond acceptors (Lipinski definition) is 1. The summed E-state index contributed by atoms with van der Waals surface area (Å²) in [4.78, 5) is 0. The van der Waals surface area contributed by atoms with Crippen LogP contribution in [0.2, 0.25) is 0 Å². The Hall–Kier alpha value is -0.0400. The highest BCUT2D eigenvalue weighted by Crippen LogP contribution is 2.33. The van der Waals surface area contributed by atoms with Crippen molar-refractivity contribution in [2.75, 3.05) is 0 Å². The van der Waals surface area contributed by atoms with Gasteiger partial charge in [0.1, 0.15) is 0 Å². The van der Waals surface area contributed by atoms with Crippen LogP contribution in [-0.4, -0.2) is 11.2 Å². The molecular formula is C11H22O. The molecule has 1 N–H and O–H groups in total. The maximum Gasteiger partial charge on any atom is 0.0571 e. The minimum atomic E-state index is 0.00338. The largest absolute Gasteiger partial charge is 0.393 e. The van der Waals surface area contributed by atoms with Gasteiger partial charge in [0.05, 0.1) is 6.10 Å². The minimum absolute atomic E-state index is 0.00338. The van der Waals surface area contributed by atoms with E-state index in [1.807, 2.05) is 0 Å². The highest BCUT2D eigenvalue weighted by atomic mass is 16.3. The first-order valence-electron chi connectivity index (χ1n) is 5.47. The van der Waals surface area contributed by atoms with Gasteiger partial charge in [-0.15, -0.1) is 0 Å². The summed E-state index contributed by atoms with van der Waals surface area (Å²) in [5, 5.41) is 9.80. The van der Waals surface area contributed by atoms with Crippen molar-refractivity contribution in [1.29, 1.82) is 0 Å². The van der Waals surface area contributed by atoms with Crippen molar-refractivity contribution in [3.05, 3.63) is 0 Å². The monoisotopic (exact) mass is 170 g/mol. The maximum atomic E-state index is 9.80. The van der Waals surface area contributed by atoms with E-state index in [2.05, 4.69) is 13.8 Å². The predicted molar refractivity (Wildman–Crippen MR) is 52.0 cm³/mol. The molecule has 0 aromatic carbocycles. The predicted octanol–water partition coefficient (Wildman–Crippen LogP) is 2.97. The summed E-state index contributed by atoms with van der Waals surface area (Å²) in [5.74, 6) is 1.37. The molecule has 0 amide bonds. The second-order valence-electron chi connectivity index (χ2n) is 4.09. The van der Waals surface area contributed by atoms with Gasteiger partial charge in [-0.3, -0.25) is 0 Å². The van der Waals surface area contributed by atoms with Gasteiger partial charge in [0, 0.05) is 0 Å². The molecule has 1 aliphatic carbocycles. The van der Waals surface area contributed by atoms with Crippen molar-refractivity contribution in [3.63, 3.8) is 0 Å². The average Bonchev–Trinajstić information content (AvgIpc) is 2.10. The smallest absolute Gasteiger partial charge is 0.0571 e. The van der Waals surface area contributed by atoms with Gasteiger partial charge in [-0.2, -0.15) is 0 Å². The van der Waals surface area contributed by atoms with Crippen molar-refractivity contribution in [1.82, 2.24) is 0 Å². The van der Waals surface area contributed by atoms with Crippen LogP contribution in [0, 0.1) is 11.8 Å². The van der Waals surface area contributed by atoms with Crippen molar-refractivity contribution in [2.24, 2.45) is 11.8 Å². The summed E-state index contributed by atoms with van der Waals surface area (Å²) in [6.45, 7) is 4.49. The standard InChI is InChI=1S/C11H22O/c1-3-9(4-2)10-7-5-6-8-11(10)12/h9-12H,3-8H2,1-2H3/t10-,11+/m0/s1. The van der Waals surface area contributed by atoms with Crippen LogP contribution in [-0.2, 0) is 0 Å². The van der Waals surface area contributed by atoms with Gasteiger partial charge >= 0.3 is 0 Å². The Kier molecular flexibility index (Phi) is 4.07. The van der Waals surface area contributed by atoms with Crippen molar-refractivity contribution >= 4 is 0 Å². The van der Waals surface area contributed by atoms with E-state index >= 15 is 0 Å². The summed E-state index contributed by atoms with van der Waals surface area (Å²) in [7, 11) is 0. The van der Waals surface area contributed by atoms with Crippen molar-refractivity contribution in [3.8, 4) is 0 Å². The Morgan fingerprint density at radius 2 is 1.75 bits per heavy atom. The van der Waals surface area contributed by atoms with Gasteiger partial charge in [0.2, 0.25) is 0 Å². The van der Waals surface area contributed by atoms with Gasteiger partial charge in [-0.25, -0.2) is 0 Å². The van der Waals surface area contributed by atoms with Gasteiger partial charge in [0.15, 0.2) is 0 Å². The SMILES string of the molecule is CCC(CC)[C@@H]1CCCC[C@H]1O. The summed E-state index contributed by atoms with van der Waals surface area (Å²) in [6.07, 6.45) is 7.34. The molecule has 0 aromatic heterocycles. The third-order valence-electron chi connectivity index (χ3n) is 3.44. The Balaban J connectivity index is 2.45. The highest BCUT2D eigenvalue weighted by molar-refractivity contribution is 4.79. The van der Waals surface area contributed by atoms with E-state index in [0.717, 1.165) is 12.3 Å². The van der Waals surface area contributed by atoms with Crippen LogP contribution in [0.5, 0.6) is 0 Å². The first-order valence-corrected chi connectivity index (χ1v) is 5.47. The Morgan fingerprint density at radius 3 is 2.25 bits per heavy atom. The zero-order valence-corrected chi connectivity index (χ0v) is 8.42. The molecule has 1 rings (SSSR count). The molecule has 0 radical (unpaired) electrons. The molecule has 0 aliphatic heterocycles. The minimum Gasteiger partial charge on any atom is -0.393 e. The van der Waals surface area contributed by atoms with E-state index < -0.39 is 0 Å². The Morgan fingerprint density at radius 1 is 1.17 bits per heavy atom. The van der Waals surface area contributed by atoms with Crippen LogP contribution >= 0.6 is 0 Å². The molecule has 2 atom stereocenters. The van der Waals surface area contributed by atoms with E-state index in [9.17, 15) is 5.11 Å². The van der Waals surface area contributed by atoms with E-state index in [-0.39, 0.29) is 6.10 Å². The van der Waals surface area contributed by atoms with Crippen LogP contribution in [0.1, 0.15) is 52.4 Å². The highest BCUT2D eigenvalue weighted by Gasteiger charge is 2.28. The van der Waals surface area contributed by atoms with Crippen molar-refractivity contribution in [2.45, 2.75) is 58.5 Å².